The van der Waals surface area contributed by atoms with Crippen molar-refractivity contribution < 1.29 is 0 Å². The van der Waals surface area contributed by atoms with Gasteiger partial charge in [0.25, 0.3) is 0 Å². The van der Waals surface area contributed by atoms with Crippen molar-refractivity contribution >= 4 is 22.7 Å². The highest BCUT2D eigenvalue weighted by Gasteiger charge is 2.05. The van der Waals surface area contributed by atoms with Gasteiger partial charge in [-0.25, -0.2) is 0 Å². The van der Waals surface area contributed by atoms with Gasteiger partial charge in [-0.05, 0) is 11.4 Å². The lowest BCUT2D eigenvalue weighted by atomic mass is 10.2. The Kier molecular flexibility index (Phi) is 1.90. The molecule has 0 radical (unpaired) electrons. The Bertz CT molecular complexity index is 409. The number of nitrogens with zero attached hydrogens (tertiary/aromatic N) is 1. The molecule has 0 aromatic carbocycles. The normalized spacial score (nSPS) is 10.2. The Morgan fingerprint density at radius 3 is 2.77 bits per heavy atom. The number of nitrogen functional groups attached to an aromatic ring is 2. The van der Waals surface area contributed by atoms with E-state index in [1.165, 1.54) is 0 Å². The van der Waals surface area contributed by atoms with Gasteiger partial charge in [0, 0.05) is 16.6 Å². The van der Waals surface area contributed by atoms with Crippen molar-refractivity contribution in [3.05, 3.63) is 29.9 Å². The van der Waals surface area contributed by atoms with Crippen LogP contribution in [-0.4, -0.2) is 4.98 Å². The van der Waals surface area contributed by atoms with Crippen molar-refractivity contribution in [1.82, 2.24) is 4.98 Å². The lowest BCUT2D eigenvalue weighted by molar-refractivity contribution is 1.34. The molecule has 3 nitrogen and oxygen atoms in total. The van der Waals surface area contributed by atoms with Crippen LogP contribution in [0.2, 0.25) is 0 Å². The fourth-order valence-corrected chi connectivity index (χ4v) is 1.87. The average molecular weight is 191 g/mol. The topological polar surface area (TPSA) is 64.9 Å². The average Bonchev–Trinajstić information content (AvgIpc) is 2.62. The molecule has 13 heavy (non-hydrogen) atoms. The van der Waals surface area contributed by atoms with E-state index in [2.05, 4.69) is 4.98 Å². The molecule has 0 unspecified atom stereocenters. The van der Waals surface area contributed by atoms with Gasteiger partial charge in [-0.3, -0.25) is 4.98 Å². The summed E-state index contributed by atoms with van der Waals surface area (Å²) in [6.45, 7) is 0. The van der Waals surface area contributed by atoms with Crippen LogP contribution in [0.5, 0.6) is 0 Å². The number of thiophene rings is 1. The molecule has 2 aromatic heterocycles. The highest BCUT2D eigenvalue weighted by Crippen LogP contribution is 2.31. The highest BCUT2D eigenvalue weighted by atomic mass is 32.1. The Morgan fingerprint density at radius 1 is 1.23 bits per heavy atom. The fraction of sp³-hybridized carbons (Fsp3) is 0. The van der Waals surface area contributed by atoms with Gasteiger partial charge in [0.05, 0.1) is 17.6 Å². The van der Waals surface area contributed by atoms with Crippen LogP contribution in [-0.2, 0) is 0 Å². The Morgan fingerprint density at radius 2 is 2.08 bits per heavy atom. The number of anilines is 2. The number of nitrogens with two attached hydrogens (primary N) is 2. The first-order valence-corrected chi connectivity index (χ1v) is 4.70. The summed E-state index contributed by atoms with van der Waals surface area (Å²) in [5, 5.41) is 2.00. The summed E-state index contributed by atoms with van der Waals surface area (Å²) in [5.41, 5.74) is 13.5. The number of aromatic nitrogens is 1. The zero-order valence-electron chi connectivity index (χ0n) is 6.90. The van der Waals surface area contributed by atoms with Crippen molar-refractivity contribution in [3.8, 4) is 10.4 Å². The zero-order chi connectivity index (χ0) is 9.26. The van der Waals surface area contributed by atoms with Crippen molar-refractivity contribution in [1.29, 1.82) is 0 Å². The van der Waals surface area contributed by atoms with E-state index in [0.717, 1.165) is 10.4 Å². The molecule has 0 aliphatic carbocycles. The SMILES string of the molecule is Nc1cncc(-c2cccs2)c1N. The number of hydrogen-bond acceptors (Lipinski definition) is 4. The summed E-state index contributed by atoms with van der Waals surface area (Å²) >= 11 is 1.62. The van der Waals surface area contributed by atoms with Crippen LogP contribution in [0.25, 0.3) is 10.4 Å². The van der Waals surface area contributed by atoms with Crippen LogP contribution in [0.3, 0.4) is 0 Å². The van der Waals surface area contributed by atoms with Crippen LogP contribution in [0, 0.1) is 0 Å². The van der Waals surface area contributed by atoms with Gasteiger partial charge < -0.3 is 11.5 Å². The van der Waals surface area contributed by atoms with Gasteiger partial charge in [0.15, 0.2) is 0 Å². The number of pyridine rings is 1. The summed E-state index contributed by atoms with van der Waals surface area (Å²) in [7, 11) is 0. The van der Waals surface area contributed by atoms with Gasteiger partial charge in [0.2, 0.25) is 0 Å². The summed E-state index contributed by atoms with van der Waals surface area (Å²) < 4.78 is 0. The summed E-state index contributed by atoms with van der Waals surface area (Å²) in [6, 6.07) is 3.97. The maximum Gasteiger partial charge on any atom is 0.0740 e. The van der Waals surface area contributed by atoms with Crippen LogP contribution in [0.4, 0.5) is 11.4 Å². The molecule has 0 fully saturated rings. The third kappa shape index (κ3) is 1.36. The first kappa shape index (κ1) is 8.07. The van der Waals surface area contributed by atoms with Gasteiger partial charge in [-0.1, -0.05) is 6.07 Å². The van der Waals surface area contributed by atoms with E-state index >= 15 is 0 Å². The van der Waals surface area contributed by atoms with Crippen molar-refractivity contribution in [2.45, 2.75) is 0 Å². The Labute approximate surface area is 80.0 Å². The minimum absolute atomic E-state index is 0.533. The second-order valence-electron chi connectivity index (χ2n) is 2.67. The predicted molar refractivity (Wildman–Crippen MR) is 56.4 cm³/mol. The molecule has 0 aliphatic heterocycles. The molecule has 2 rings (SSSR count). The fourth-order valence-electron chi connectivity index (χ4n) is 1.11. The first-order chi connectivity index (χ1) is 6.29. The monoisotopic (exact) mass is 191 g/mol. The molecule has 0 saturated carbocycles. The zero-order valence-corrected chi connectivity index (χ0v) is 7.71. The van der Waals surface area contributed by atoms with Crippen LogP contribution in [0.1, 0.15) is 0 Å². The van der Waals surface area contributed by atoms with E-state index < -0.39 is 0 Å². The molecule has 0 saturated heterocycles. The molecule has 4 N–H and O–H groups in total. The number of rotatable bonds is 1. The molecule has 0 spiro atoms. The summed E-state index contributed by atoms with van der Waals surface area (Å²) in [4.78, 5) is 5.10. The number of hydrogen-bond donors (Lipinski definition) is 2. The van der Waals surface area contributed by atoms with E-state index in [1.54, 1.807) is 23.7 Å². The third-order valence-electron chi connectivity index (χ3n) is 1.81. The molecule has 66 valence electrons. The minimum atomic E-state index is 0.533. The van der Waals surface area contributed by atoms with Crippen molar-refractivity contribution in [3.63, 3.8) is 0 Å². The highest BCUT2D eigenvalue weighted by molar-refractivity contribution is 7.13. The standard InChI is InChI=1S/C9H9N3S/c10-7-5-12-4-6(9(7)11)8-2-1-3-13-8/h1-5H,10H2,(H2,11,12). The lowest BCUT2D eigenvalue weighted by Crippen LogP contribution is -1.97. The van der Waals surface area contributed by atoms with Crippen LogP contribution >= 0.6 is 11.3 Å². The minimum Gasteiger partial charge on any atom is -0.396 e. The first-order valence-electron chi connectivity index (χ1n) is 3.82. The van der Waals surface area contributed by atoms with Crippen molar-refractivity contribution in [2.75, 3.05) is 11.5 Å². The molecule has 4 heteroatoms. The van der Waals surface area contributed by atoms with Crippen molar-refractivity contribution in [2.24, 2.45) is 0 Å². The molecule has 0 aliphatic rings. The molecular weight excluding hydrogens is 182 g/mol. The van der Waals surface area contributed by atoms with Gasteiger partial charge in [0.1, 0.15) is 0 Å². The largest absolute Gasteiger partial charge is 0.396 e. The Balaban J connectivity index is 2.59. The molecular formula is C9H9N3S. The second-order valence-corrected chi connectivity index (χ2v) is 3.61. The van der Waals surface area contributed by atoms with E-state index in [4.69, 9.17) is 11.5 Å². The molecule has 0 amide bonds. The van der Waals surface area contributed by atoms with Gasteiger partial charge in [-0.15, -0.1) is 11.3 Å². The van der Waals surface area contributed by atoms with E-state index in [-0.39, 0.29) is 0 Å². The smallest absolute Gasteiger partial charge is 0.0740 e. The second kappa shape index (κ2) is 3.06. The van der Waals surface area contributed by atoms with E-state index in [9.17, 15) is 0 Å². The quantitative estimate of drug-likeness (QED) is 0.724. The predicted octanol–water partition coefficient (Wildman–Crippen LogP) is 1.97. The van der Waals surface area contributed by atoms with E-state index in [1.807, 2.05) is 17.5 Å². The van der Waals surface area contributed by atoms with Gasteiger partial charge >= 0.3 is 0 Å². The molecule has 2 aromatic rings. The van der Waals surface area contributed by atoms with Crippen LogP contribution < -0.4 is 11.5 Å². The molecule has 0 atom stereocenters. The third-order valence-corrected chi connectivity index (χ3v) is 2.71. The van der Waals surface area contributed by atoms with Crippen LogP contribution in [0.15, 0.2) is 29.9 Å². The maximum absolute atomic E-state index is 5.82. The lowest BCUT2D eigenvalue weighted by Gasteiger charge is -2.04. The molecule has 0 bridgehead atoms. The molecule has 2 heterocycles. The Hall–Kier alpha value is -1.55. The van der Waals surface area contributed by atoms with E-state index in [0.29, 0.717) is 11.4 Å². The summed E-state index contributed by atoms with van der Waals surface area (Å²) in [5.74, 6) is 0. The summed E-state index contributed by atoms with van der Waals surface area (Å²) in [6.07, 6.45) is 3.30. The maximum atomic E-state index is 5.82. The van der Waals surface area contributed by atoms with Gasteiger partial charge in [-0.2, -0.15) is 0 Å².